The number of hydrogen-bond acceptors (Lipinski definition) is 4. The zero-order valence-corrected chi connectivity index (χ0v) is 8.73. The highest BCUT2D eigenvalue weighted by Gasteiger charge is 2.16. The Morgan fingerprint density at radius 2 is 2.20 bits per heavy atom. The van der Waals surface area contributed by atoms with Crippen LogP contribution in [0, 0.1) is 6.92 Å². The molecule has 0 saturated carbocycles. The smallest absolute Gasteiger partial charge is 0.308 e. The number of methoxy groups -OCH3 is 1. The summed E-state index contributed by atoms with van der Waals surface area (Å²) in [4.78, 5) is 10.9. The van der Waals surface area contributed by atoms with E-state index >= 15 is 0 Å². The summed E-state index contributed by atoms with van der Waals surface area (Å²) in [6.45, 7) is 1.84. The predicted molar refractivity (Wildman–Crippen MR) is 54.4 cm³/mol. The Bertz CT molecular complexity index is 360. The zero-order valence-electron chi connectivity index (χ0n) is 8.73. The fourth-order valence-corrected chi connectivity index (χ4v) is 1.29. The Balaban J connectivity index is 2.85. The van der Waals surface area contributed by atoms with Gasteiger partial charge in [-0.05, 0) is 19.1 Å². The predicted octanol–water partition coefficient (Wildman–Crippen LogP) is 1.30. The van der Waals surface area contributed by atoms with Gasteiger partial charge in [0.1, 0.15) is 5.75 Å². The number of ether oxygens (including phenoxy) is 1. The van der Waals surface area contributed by atoms with Crippen LogP contribution in [0.15, 0.2) is 18.2 Å². The number of phenols is 1. The SMILES string of the molecule is COC(=O)C[C@@H](O)c1cc(C)ccc1O. The number of benzene rings is 1. The van der Waals surface area contributed by atoms with Crippen molar-refractivity contribution in [3.05, 3.63) is 29.3 Å². The average molecular weight is 210 g/mol. The topological polar surface area (TPSA) is 66.8 Å². The molecule has 0 aliphatic heterocycles. The van der Waals surface area contributed by atoms with Crippen molar-refractivity contribution in [2.24, 2.45) is 0 Å². The number of rotatable bonds is 3. The van der Waals surface area contributed by atoms with Crippen LogP contribution in [0.5, 0.6) is 5.75 Å². The van der Waals surface area contributed by atoms with Crippen LogP contribution in [0.25, 0.3) is 0 Å². The summed E-state index contributed by atoms with van der Waals surface area (Å²) >= 11 is 0. The van der Waals surface area contributed by atoms with Crippen molar-refractivity contribution in [1.82, 2.24) is 0 Å². The van der Waals surface area contributed by atoms with Gasteiger partial charge in [-0.25, -0.2) is 0 Å². The van der Waals surface area contributed by atoms with Crippen LogP contribution in [0.2, 0.25) is 0 Å². The van der Waals surface area contributed by atoms with E-state index in [1.165, 1.54) is 13.2 Å². The van der Waals surface area contributed by atoms with Gasteiger partial charge in [-0.15, -0.1) is 0 Å². The molecule has 0 amide bonds. The van der Waals surface area contributed by atoms with E-state index < -0.39 is 12.1 Å². The summed E-state index contributed by atoms with van der Waals surface area (Å²) < 4.78 is 4.43. The number of aromatic hydroxyl groups is 1. The van der Waals surface area contributed by atoms with Crippen LogP contribution in [0.1, 0.15) is 23.7 Å². The molecular formula is C11H14O4. The molecule has 0 bridgehead atoms. The molecule has 1 rings (SSSR count). The molecule has 1 aromatic rings. The fourth-order valence-electron chi connectivity index (χ4n) is 1.29. The van der Waals surface area contributed by atoms with Gasteiger partial charge in [0.15, 0.2) is 0 Å². The minimum Gasteiger partial charge on any atom is -0.508 e. The number of carbonyl (C=O) groups excluding carboxylic acids is 1. The number of carbonyl (C=O) groups is 1. The molecule has 4 nitrogen and oxygen atoms in total. The Labute approximate surface area is 88.1 Å². The zero-order chi connectivity index (χ0) is 11.4. The second kappa shape index (κ2) is 4.79. The molecule has 2 N–H and O–H groups in total. The van der Waals surface area contributed by atoms with E-state index in [1.807, 2.05) is 6.92 Å². The molecule has 0 aliphatic carbocycles. The summed E-state index contributed by atoms with van der Waals surface area (Å²) in [5, 5.41) is 19.1. The number of esters is 1. The van der Waals surface area contributed by atoms with Crippen molar-refractivity contribution >= 4 is 5.97 Å². The largest absolute Gasteiger partial charge is 0.508 e. The Hall–Kier alpha value is -1.55. The highest BCUT2D eigenvalue weighted by Crippen LogP contribution is 2.27. The van der Waals surface area contributed by atoms with Gasteiger partial charge in [0.05, 0.1) is 19.6 Å². The van der Waals surface area contributed by atoms with Crippen LogP contribution in [-0.4, -0.2) is 23.3 Å². The lowest BCUT2D eigenvalue weighted by molar-refractivity contribution is -0.142. The third-order valence-corrected chi connectivity index (χ3v) is 2.13. The minimum absolute atomic E-state index is 0.0167. The quantitative estimate of drug-likeness (QED) is 0.738. The van der Waals surface area contributed by atoms with Gasteiger partial charge in [0.25, 0.3) is 0 Å². The highest BCUT2D eigenvalue weighted by atomic mass is 16.5. The van der Waals surface area contributed by atoms with E-state index in [1.54, 1.807) is 12.1 Å². The van der Waals surface area contributed by atoms with Crippen LogP contribution in [-0.2, 0) is 9.53 Å². The first kappa shape index (κ1) is 11.5. The van der Waals surface area contributed by atoms with Crippen molar-refractivity contribution in [3.63, 3.8) is 0 Å². The molecule has 0 fully saturated rings. The number of hydrogen-bond donors (Lipinski definition) is 2. The molecule has 4 heteroatoms. The third-order valence-electron chi connectivity index (χ3n) is 2.13. The summed E-state index contributed by atoms with van der Waals surface area (Å²) in [5.74, 6) is -0.527. The molecule has 1 aromatic carbocycles. The maximum absolute atomic E-state index is 10.9. The molecule has 1 atom stereocenters. The molecule has 0 heterocycles. The maximum Gasteiger partial charge on any atom is 0.308 e. The van der Waals surface area contributed by atoms with Gasteiger partial charge in [-0.1, -0.05) is 11.6 Å². The van der Waals surface area contributed by atoms with Crippen molar-refractivity contribution in [2.75, 3.05) is 7.11 Å². The Morgan fingerprint density at radius 1 is 1.53 bits per heavy atom. The van der Waals surface area contributed by atoms with Gasteiger partial charge in [0.2, 0.25) is 0 Å². The first-order chi connectivity index (χ1) is 7.04. The normalized spacial score (nSPS) is 12.2. The van der Waals surface area contributed by atoms with Gasteiger partial charge in [0, 0.05) is 5.56 Å². The molecule has 0 aromatic heterocycles. The number of aryl methyl sites for hydroxylation is 1. The van der Waals surface area contributed by atoms with E-state index in [-0.39, 0.29) is 12.2 Å². The highest BCUT2D eigenvalue weighted by molar-refractivity contribution is 5.70. The lowest BCUT2D eigenvalue weighted by atomic mass is 10.0. The summed E-state index contributed by atoms with van der Waals surface area (Å²) in [5.41, 5.74) is 1.26. The van der Waals surface area contributed by atoms with Gasteiger partial charge in [-0.3, -0.25) is 4.79 Å². The van der Waals surface area contributed by atoms with E-state index in [2.05, 4.69) is 4.74 Å². The van der Waals surface area contributed by atoms with Crippen LogP contribution in [0.3, 0.4) is 0 Å². The van der Waals surface area contributed by atoms with E-state index in [0.29, 0.717) is 5.56 Å². The number of aliphatic hydroxyl groups is 1. The van der Waals surface area contributed by atoms with Crippen molar-refractivity contribution in [2.45, 2.75) is 19.4 Å². The summed E-state index contributed by atoms with van der Waals surface area (Å²) in [6, 6.07) is 4.86. The third kappa shape index (κ3) is 2.95. The van der Waals surface area contributed by atoms with Crippen molar-refractivity contribution < 1.29 is 19.7 Å². The average Bonchev–Trinajstić information content (AvgIpc) is 2.21. The van der Waals surface area contributed by atoms with Crippen LogP contribution < -0.4 is 0 Å². The molecule has 0 spiro atoms. The van der Waals surface area contributed by atoms with Gasteiger partial charge >= 0.3 is 5.97 Å². The second-order valence-electron chi connectivity index (χ2n) is 3.36. The summed E-state index contributed by atoms with van der Waals surface area (Å²) in [7, 11) is 1.26. The fraction of sp³-hybridized carbons (Fsp3) is 0.364. The molecule has 15 heavy (non-hydrogen) atoms. The molecular weight excluding hydrogens is 196 g/mol. The minimum atomic E-state index is -1.03. The van der Waals surface area contributed by atoms with E-state index in [4.69, 9.17) is 0 Å². The summed E-state index contributed by atoms with van der Waals surface area (Å²) in [6.07, 6.45) is -1.19. The first-order valence-electron chi connectivity index (χ1n) is 4.59. The molecule has 82 valence electrons. The Kier molecular flexibility index (Phi) is 3.68. The Morgan fingerprint density at radius 3 is 2.80 bits per heavy atom. The van der Waals surface area contributed by atoms with Crippen LogP contribution >= 0.6 is 0 Å². The molecule has 0 saturated heterocycles. The van der Waals surface area contributed by atoms with E-state index in [9.17, 15) is 15.0 Å². The maximum atomic E-state index is 10.9. The first-order valence-corrected chi connectivity index (χ1v) is 4.59. The second-order valence-corrected chi connectivity index (χ2v) is 3.36. The van der Waals surface area contributed by atoms with Crippen molar-refractivity contribution in [1.29, 1.82) is 0 Å². The van der Waals surface area contributed by atoms with E-state index in [0.717, 1.165) is 5.56 Å². The standard InChI is InChI=1S/C11H14O4/c1-7-3-4-9(12)8(5-7)10(13)6-11(14)15-2/h3-5,10,12-13H,6H2,1-2H3/t10-/m1/s1. The molecule has 0 aliphatic rings. The molecule has 0 unspecified atom stereocenters. The lowest BCUT2D eigenvalue weighted by Gasteiger charge is -2.11. The van der Waals surface area contributed by atoms with Crippen molar-refractivity contribution in [3.8, 4) is 5.75 Å². The van der Waals surface area contributed by atoms with Gasteiger partial charge < -0.3 is 14.9 Å². The lowest BCUT2D eigenvalue weighted by Crippen LogP contribution is -2.08. The van der Waals surface area contributed by atoms with Crippen LogP contribution in [0.4, 0.5) is 0 Å². The monoisotopic (exact) mass is 210 g/mol. The van der Waals surface area contributed by atoms with Gasteiger partial charge in [-0.2, -0.15) is 0 Å². The number of phenolic OH excluding ortho intramolecular Hbond substituents is 1. The molecule has 0 radical (unpaired) electrons. The number of aliphatic hydroxyl groups excluding tert-OH is 1.